The molecule has 32 heavy (non-hydrogen) atoms. The van der Waals surface area contributed by atoms with Gasteiger partial charge in [0.15, 0.2) is 0 Å². The molecule has 0 aliphatic heterocycles. The smallest absolute Gasteiger partial charge is 0.328 e. The van der Waals surface area contributed by atoms with Crippen molar-refractivity contribution in [3.05, 3.63) is 107 Å². The Hall–Kier alpha value is -3.86. The highest BCUT2D eigenvalue weighted by atomic mass is 16.5. The van der Waals surface area contributed by atoms with E-state index in [1.807, 2.05) is 72.8 Å². The number of aliphatic carboxylic acids is 1. The van der Waals surface area contributed by atoms with Crippen LogP contribution >= 0.6 is 0 Å². The number of carbonyl (C=O) groups is 2. The van der Waals surface area contributed by atoms with E-state index in [1.165, 1.54) is 11.6 Å². The number of rotatable bonds is 10. The van der Waals surface area contributed by atoms with Crippen molar-refractivity contribution < 1.29 is 19.4 Å². The van der Waals surface area contributed by atoms with Gasteiger partial charge in [-0.3, -0.25) is 4.79 Å². The summed E-state index contributed by atoms with van der Waals surface area (Å²) < 4.78 is 5.91. The van der Waals surface area contributed by atoms with Crippen LogP contribution in [0.2, 0.25) is 0 Å². The molecule has 0 unspecified atom stereocenters. The molecule has 0 aliphatic carbocycles. The van der Waals surface area contributed by atoms with Crippen molar-refractivity contribution in [2.75, 3.05) is 13.6 Å². The molecule has 164 valence electrons. The molecule has 0 atom stereocenters. The molecule has 3 aromatic carbocycles. The van der Waals surface area contributed by atoms with Crippen LogP contribution in [0, 0.1) is 0 Å². The fourth-order valence-electron chi connectivity index (χ4n) is 3.24. The largest absolute Gasteiger partial charge is 0.488 e. The molecule has 5 nitrogen and oxygen atoms in total. The van der Waals surface area contributed by atoms with Gasteiger partial charge in [0.2, 0.25) is 5.91 Å². The minimum Gasteiger partial charge on any atom is -0.488 e. The van der Waals surface area contributed by atoms with Crippen LogP contribution in [-0.4, -0.2) is 35.5 Å². The Labute approximate surface area is 188 Å². The predicted octanol–water partition coefficient (Wildman–Crippen LogP) is 4.61. The maximum absolute atomic E-state index is 12.7. The third kappa shape index (κ3) is 7.13. The van der Waals surface area contributed by atoms with Crippen LogP contribution in [0.4, 0.5) is 0 Å². The molecule has 0 radical (unpaired) electrons. The minimum atomic E-state index is -1.04. The van der Waals surface area contributed by atoms with Gasteiger partial charge in [0, 0.05) is 25.2 Å². The molecule has 0 aliphatic rings. The monoisotopic (exact) mass is 429 g/mol. The van der Waals surface area contributed by atoms with E-state index in [0.29, 0.717) is 24.5 Å². The Bertz CT molecular complexity index is 1060. The molecular weight excluding hydrogens is 402 g/mol. The van der Waals surface area contributed by atoms with Crippen molar-refractivity contribution >= 4 is 18.0 Å². The second-order valence-electron chi connectivity index (χ2n) is 7.55. The Morgan fingerprint density at radius 2 is 1.56 bits per heavy atom. The van der Waals surface area contributed by atoms with Crippen molar-refractivity contribution in [3.63, 3.8) is 0 Å². The highest BCUT2D eigenvalue weighted by Crippen LogP contribution is 2.24. The molecule has 0 saturated carbocycles. The maximum Gasteiger partial charge on any atom is 0.328 e. The second kappa shape index (κ2) is 11.5. The van der Waals surface area contributed by atoms with Crippen LogP contribution in [0.15, 0.2) is 84.9 Å². The Balaban J connectivity index is 1.66. The lowest BCUT2D eigenvalue weighted by Crippen LogP contribution is -2.30. The second-order valence-corrected chi connectivity index (χ2v) is 7.55. The molecule has 3 rings (SSSR count). The van der Waals surface area contributed by atoms with Crippen molar-refractivity contribution in [1.29, 1.82) is 0 Å². The van der Waals surface area contributed by atoms with E-state index in [2.05, 4.69) is 0 Å². The number of carbonyl (C=O) groups excluding carboxylic acids is 1. The first-order chi connectivity index (χ1) is 15.5. The molecule has 0 heterocycles. The Kier molecular flexibility index (Phi) is 8.21. The summed E-state index contributed by atoms with van der Waals surface area (Å²) in [5.74, 6) is -0.465. The highest BCUT2D eigenvalue weighted by molar-refractivity contribution is 5.86. The van der Waals surface area contributed by atoms with Crippen LogP contribution in [-0.2, 0) is 29.0 Å². The molecule has 1 amide bonds. The Morgan fingerprint density at radius 3 is 2.22 bits per heavy atom. The summed E-state index contributed by atoms with van der Waals surface area (Å²) in [5.41, 5.74) is 3.63. The van der Waals surface area contributed by atoms with Gasteiger partial charge in [0.1, 0.15) is 12.4 Å². The Morgan fingerprint density at radius 1 is 0.906 bits per heavy atom. The number of nitrogens with zero attached hydrogens (tertiary/aromatic N) is 1. The zero-order valence-electron chi connectivity index (χ0n) is 18.1. The van der Waals surface area contributed by atoms with Gasteiger partial charge in [-0.2, -0.15) is 0 Å². The van der Waals surface area contributed by atoms with Crippen molar-refractivity contribution in [3.8, 4) is 5.75 Å². The molecular formula is C27H27NO4. The van der Waals surface area contributed by atoms with Crippen molar-refractivity contribution in [2.45, 2.75) is 19.4 Å². The lowest BCUT2D eigenvalue weighted by Gasteiger charge is -2.18. The summed E-state index contributed by atoms with van der Waals surface area (Å²) in [7, 11) is 1.80. The van der Waals surface area contributed by atoms with Gasteiger partial charge in [-0.15, -0.1) is 0 Å². The van der Waals surface area contributed by atoms with Crippen LogP contribution in [0.25, 0.3) is 6.08 Å². The fraction of sp³-hybridized carbons (Fsp3) is 0.185. The third-order valence-corrected chi connectivity index (χ3v) is 5.08. The molecule has 0 fully saturated rings. The number of carboxylic acid groups (broad SMARTS) is 1. The molecule has 0 saturated heterocycles. The number of benzene rings is 3. The normalized spacial score (nSPS) is 10.8. The van der Waals surface area contributed by atoms with Gasteiger partial charge < -0.3 is 14.7 Å². The topological polar surface area (TPSA) is 66.8 Å². The van der Waals surface area contributed by atoms with Gasteiger partial charge in [-0.1, -0.05) is 66.7 Å². The molecule has 0 aromatic heterocycles. The van der Waals surface area contributed by atoms with Crippen LogP contribution < -0.4 is 4.74 Å². The standard InChI is InChI=1S/C27H27NO4/c1-28(17-16-21-8-4-2-5-9-21)26(29)19-23-12-14-25(24(18-23)13-15-27(30)31)32-20-22-10-6-3-7-11-22/h2-15,18H,16-17,19-20H2,1H3,(H,30,31). The first-order valence-corrected chi connectivity index (χ1v) is 10.5. The van der Waals surface area contributed by atoms with Crippen molar-refractivity contribution in [1.82, 2.24) is 4.90 Å². The highest BCUT2D eigenvalue weighted by Gasteiger charge is 2.12. The van der Waals surface area contributed by atoms with E-state index in [1.54, 1.807) is 18.0 Å². The van der Waals surface area contributed by atoms with Crippen LogP contribution in [0.5, 0.6) is 5.75 Å². The fourth-order valence-corrected chi connectivity index (χ4v) is 3.24. The first-order valence-electron chi connectivity index (χ1n) is 10.5. The summed E-state index contributed by atoms with van der Waals surface area (Å²) in [4.78, 5) is 25.4. The van der Waals surface area contributed by atoms with Gasteiger partial charge in [-0.05, 0) is 41.3 Å². The maximum atomic E-state index is 12.7. The molecule has 3 aromatic rings. The number of hydrogen-bond donors (Lipinski definition) is 1. The zero-order valence-corrected chi connectivity index (χ0v) is 18.1. The first kappa shape index (κ1) is 22.8. The van der Waals surface area contributed by atoms with Crippen molar-refractivity contribution in [2.24, 2.45) is 0 Å². The summed E-state index contributed by atoms with van der Waals surface area (Å²) in [6.45, 7) is 1.00. The third-order valence-electron chi connectivity index (χ3n) is 5.08. The van der Waals surface area contributed by atoms with Crippen LogP contribution in [0.3, 0.4) is 0 Å². The van der Waals surface area contributed by atoms with E-state index in [0.717, 1.165) is 23.6 Å². The predicted molar refractivity (Wildman–Crippen MR) is 125 cm³/mol. The molecule has 0 bridgehead atoms. The summed E-state index contributed by atoms with van der Waals surface area (Å²) in [6, 6.07) is 25.2. The zero-order chi connectivity index (χ0) is 22.8. The number of hydrogen-bond acceptors (Lipinski definition) is 3. The molecule has 0 spiro atoms. The van der Waals surface area contributed by atoms with E-state index < -0.39 is 5.97 Å². The average Bonchev–Trinajstić information content (AvgIpc) is 2.81. The van der Waals surface area contributed by atoms with E-state index >= 15 is 0 Å². The van der Waals surface area contributed by atoms with Gasteiger partial charge in [0.25, 0.3) is 0 Å². The lowest BCUT2D eigenvalue weighted by atomic mass is 10.1. The number of ether oxygens (including phenoxy) is 1. The number of amides is 1. The van der Waals surface area contributed by atoms with E-state index in [9.17, 15) is 9.59 Å². The van der Waals surface area contributed by atoms with E-state index in [-0.39, 0.29) is 12.3 Å². The quantitative estimate of drug-likeness (QED) is 0.478. The van der Waals surface area contributed by atoms with Gasteiger partial charge >= 0.3 is 5.97 Å². The SMILES string of the molecule is CN(CCc1ccccc1)C(=O)Cc1ccc(OCc2ccccc2)c(C=CC(=O)O)c1. The minimum absolute atomic E-state index is 0.00653. The summed E-state index contributed by atoms with van der Waals surface area (Å²) in [6.07, 6.45) is 3.60. The number of carboxylic acids is 1. The molecule has 1 N–H and O–H groups in total. The van der Waals surface area contributed by atoms with Gasteiger partial charge in [-0.25, -0.2) is 4.79 Å². The lowest BCUT2D eigenvalue weighted by molar-refractivity contribution is -0.131. The van der Waals surface area contributed by atoms with Gasteiger partial charge in [0.05, 0.1) is 6.42 Å². The number of likely N-dealkylation sites (N-methyl/N-ethyl adjacent to an activating group) is 1. The van der Waals surface area contributed by atoms with E-state index in [4.69, 9.17) is 9.84 Å². The van der Waals surface area contributed by atoms with Crippen LogP contribution in [0.1, 0.15) is 22.3 Å². The average molecular weight is 430 g/mol. The molecule has 5 heteroatoms. The summed E-state index contributed by atoms with van der Waals surface area (Å²) in [5, 5.41) is 9.03. The summed E-state index contributed by atoms with van der Waals surface area (Å²) >= 11 is 0.